The van der Waals surface area contributed by atoms with Gasteiger partial charge >= 0.3 is 17.9 Å². The van der Waals surface area contributed by atoms with Gasteiger partial charge in [0.05, 0.1) is 6.04 Å². The second-order valence-electron chi connectivity index (χ2n) is 8.09. The zero-order chi connectivity index (χ0) is 27.1. The van der Waals surface area contributed by atoms with Gasteiger partial charge in [-0.05, 0) is 37.2 Å². The van der Waals surface area contributed by atoms with Crippen molar-refractivity contribution in [2.75, 3.05) is 12.0 Å². The van der Waals surface area contributed by atoms with Crippen LogP contribution in [-0.2, 0) is 28.8 Å². The first kappa shape index (κ1) is 32.1. The molecule has 5 unspecified atom stereocenters. The van der Waals surface area contributed by atoms with E-state index >= 15 is 0 Å². The summed E-state index contributed by atoms with van der Waals surface area (Å²) in [5, 5.41) is 34.4. The molecule has 0 saturated heterocycles. The minimum atomic E-state index is -1.36. The molecule has 0 aliphatic carbocycles. The van der Waals surface area contributed by atoms with Crippen molar-refractivity contribution >= 4 is 47.4 Å². The summed E-state index contributed by atoms with van der Waals surface area (Å²) >= 11 is 1.39. The Morgan fingerprint density at radius 2 is 1.29 bits per heavy atom. The topological polar surface area (TPSA) is 225 Å². The smallest absolute Gasteiger partial charge is 0.326 e. The number of nitrogens with two attached hydrogens (primary N) is 1. The van der Waals surface area contributed by atoms with Gasteiger partial charge in [0.15, 0.2) is 0 Å². The van der Waals surface area contributed by atoms with Crippen LogP contribution < -0.4 is 21.7 Å². The van der Waals surface area contributed by atoms with Crippen molar-refractivity contribution in [3.8, 4) is 0 Å². The van der Waals surface area contributed by atoms with E-state index in [4.69, 9.17) is 15.9 Å². The predicted octanol–water partition coefficient (Wildman–Crippen LogP) is -0.618. The number of amides is 3. The molecule has 0 fully saturated rings. The van der Waals surface area contributed by atoms with Crippen LogP contribution in [0.4, 0.5) is 0 Å². The summed E-state index contributed by atoms with van der Waals surface area (Å²) in [5.41, 5.74) is 5.70. The third-order valence-electron chi connectivity index (χ3n) is 5.31. The van der Waals surface area contributed by atoms with E-state index in [9.17, 15) is 33.9 Å². The van der Waals surface area contributed by atoms with E-state index < -0.39 is 72.1 Å². The number of carboxylic acid groups (broad SMARTS) is 3. The van der Waals surface area contributed by atoms with Gasteiger partial charge in [0.2, 0.25) is 17.7 Å². The number of nitrogens with one attached hydrogen (secondary N) is 3. The Morgan fingerprint density at radius 3 is 1.77 bits per heavy atom. The van der Waals surface area contributed by atoms with E-state index in [2.05, 4.69) is 16.0 Å². The molecule has 0 rings (SSSR count). The number of rotatable bonds is 18. The van der Waals surface area contributed by atoms with Gasteiger partial charge < -0.3 is 37.0 Å². The van der Waals surface area contributed by atoms with Crippen molar-refractivity contribution in [1.29, 1.82) is 0 Å². The zero-order valence-corrected chi connectivity index (χ0v) is 20.9. The Labute approximate surface area is 208 Å². The highest BCUT2D eigenvalue weighted by Crippen LogP contribution is 2.10. The fourth-order valence-electron chi connectivity index (χ4n) is 2.94. The molecular formula is C21H36N4O9S. The monoisotopic (exact) mass is 520 g/mol. The third kappa shape index (κ3) is 13.0. The van der Waals surface area contributed by atoms with Crippen molar-refractivity contribution < 1.29 is 44.1 Å². The van der Waals surface area contributed by atoms with Crippen LogP contribution in [0.5, 0.6) is 0 Å². The minimum absolute atomic E-state index is 0.145. The number of hydrogen-bond acceptors (Lipinski definition) is 8. The van der Waals surface area contributed by atoms with E-state index in [0.717, 1.165) is 0 Å². The maximum absolute atomic E-state index is 12.9. The summed E-state index contributed by atoms with van der Waals surface area (Å²) < 4.78 is 0. The predicted molar refractivity (Wildman–Crippen MR) is 128 cm³/mol. The van der Waals surface area contributed by atoms with Gasteiger partial charge in [-0.2, -0.15) is 11.8 Å². The lowest BCUT2D eigenvalue weighted by Crippen LogP contribution is -2.57. The molecule has 0 aliphatic rings. The number of carbonyl (C=O) groups excluding carboxylic acids is 3. The number of aliphatic carboxylic acids is 3. The van der Waals surface area contributed by atoms with Crippen LogP contribution in [0.2, 0.25) is 0 Å². The Hall–Kier alpha value is -2.87. The molecule has 0 bridgehead atoms. The lowest BCUT2D eigenvalue weighted by atomic mass is 9.98. The first-order chi connectivity index (χ1) is 16.3. The van der Waals surface area contributed by atoms with Crippen LogP contribution in [0.25, 0.3) is 0 Å². The third-order valence-corrected chi connectivity index (χ3v) is 5.95. The van der Waals surface area contributed by atoms with E-state index in [0.29, 0.717) is 12.2 Å². The lowest BCUT2D eigenvalue weighted by molar-refractivity contribution is -0.144. The van der Waals surface area contributed by atoms with Crippen molar-refractivity contribution in [2.45, 2.75) is 76.5 Å². The first-order valence-corrected chi connectivity index (χ1v) is 12.5. The lowest BCUT2D eigenvalue weighted by Gasteiger charge is -2.26. The van der Waals surface area contributed by atoms with Gasteiger partial charge in [-0.3, -0.25) is 24.0 Å². The van der Waals surface area contributed by atoms with Crippen LogP contribution >= 0.6 is 11.8 Å². The van der Waals surface area contributed by atoms with Crippen LogP contribution in [0.1, 0.15) is 52.4 Å². The zero-order valence-electron chi connectivity index (χ0n) is 20.1. The molecule has 0 aromatic rings. The molecule has 5 atom stereocenters. The maximum atomic E-state index is 12.9. The molecule has 0 aromatic heterocycles. The SMILES string of the molecule is CCC(C)C(NC(=O)C(CCC(=O)O)NC(=O)C(CCSC)NC(=O)C(N)CCC(=O)O)C(=O)O. The van der Waals surface area contributed by atoms with Gasteiger partial charge in [0, 0.05) is 12.8 Å². The van der Waals surface area contributed by atoms with Gasteiger partial charge in [-0.1, -0.05) is 20.3 Å². The van der Waals surface area contributed by atoms with Crippen molar-refractivity contribution in [2.24, 2.45) is 11.7 Å². The van der Waals surface area contributed by atoms with Crippen molar-refractivity contribution in [1.82, 2.24) is 16.0 Å². The molecule has 8 N–H and O–H groups in total. The summed E-state index contributed by atoms with van der Waals surface area (Å²) in [4.78, 5) is 71.4. The Morgan fingerprint density at radius 1 is 0.800 bits per heavy atom. The maximum Gasteiger partial charge on any atom is 0.326 e. The van der Waals surface area contributed by atoms with Gasteiger partial charge in [0.25, 0.3) is 0 Å². The average molecular weight is 521 g/mol. The molecule has 14 heteroatoms. The van der Waals surface area contributed by atoms with E-state index in [1.807, 2.05) is 0 Å². The molecule has 0 aliphatic heterocycles. The van der Waals surface area contributed by atoms with Crippen LogP contribution in [0.3, 0.4) is 0 Å². The molecule has 0 saturated carbocycles. The van der Waals surface area contributed by atoms with Crippen LogP contribution in [0.15, 0.2) is 0 Å². The molecule has 200 valence electrons. The number of carboxylic acids is 3. The Bertz CT molecular complexity index is 765. The van der Waals surface area contributed by atoms with E-state index in [1.54, 1.807) is 20.1 Å². The Balaban J connectivity index is 5.55. The summed E-state index contributed by atoms with van der Waals surface area (Å²) in [5.74, 6) is -5.98. The second kappa shape index (κ2) is 16.7. The number of thioether (sulfide) groups is 1. The molecule has 0 aromatic carbocycles. The van der Waals surface area contributed by atoms with E-state index in [1.165, 1.54) is 11.8 Å². The summed E-state index contributed by atoms with van der Waals surface area (Å²) in [6, 6.07) is -4.90. The highest BCUT2D eigenvalue weighted by atomic mass is 32.2. The highest BCUT2D eigenvalue weighted by molar-refractivity contribution is 7.98. The fraction of sp³-hybridized carbons (Fsp3) is 0.714. The number of hydrogen-bond donors (Lipinski definition) is 7. The highest BCUT2D eigenvalue weighted by Gasteiger charge is 2.32. The van der Waals surface area contributed by atoms with Crippen molar-refractivity contribution in [3.63, 3.8) is 0 Å². The van der Waals surface area contributed by atoms with Crippen molar-refractivity contribution in [3.05, 3.63) is 0 Å². The van der Waals surface area contributed by atoms with Gasteiger partial charge in [-0.25, -0.2) is 4.79 Å². The quantitative estimate of drug-likeness (QED) is 0.120. The first-order valence-electron chi connectivity index (χ1n) is 11.2. The Kier molecular flexibility index (Phi) is 15.3. The molecule has 0 spiro atoms. The second-order valence-corrected chi connectivity index (χ2v) is 9.07. The molecule has 35 heavy (non-hydrogen) atoms. The fourth-order valence-corrected chi connectivity index (χ4v) is 3.41. The van der Waals surface area contributed by atoms with Crippen LogP contribution in [-0.4, -0.2) is 87.1 Å². The number of carbonyl (C=O) groups is 6. The van der Waals surface area contributed by atoms with Crippen LogP contribution in [0, 0.1) is 5.92 Å². The standard InChI is InChI=1S/C21H36N4O9S/c1-4-11(2)17(21(33)34)25-20(32)13(6-8-16(28)29)24-19(31)14(9-10-35-3)23-18(30)12(22)5-7-15(26)27/h11-14,17H,4-10,22H2,1-3H3,(H,23,30)(H,24,31)(H,25,32)(H,26,27)(H,28,29)(H,33,34). The molecular weight excluding hydrogens is 484 g/mol. The molecule has 3 amide bonds. The molecule has 0 radical (unpaired) electrons. The normalized spacial score (nSPS) is 15.1. The van der Waals surface area contributed by atoms with Gasteiger partial charge in [-0.15, -0.1) is 0 Å². The molecule has 0 heterocycles. The van der Waals surface area contributed by atoms with Gasteiger partial charge in [0.1, 0.15) is 18.1 Å². The summed E-state index contributed by atoms with van der Waals surface area (Å²) in [7, 11) is 0. The minimum Gasteiger partial charge on any atom is -0.481 e. The largest absolute Gasteiger partial charge is 0.481 e. The summed E-state index contributed by atoms with van der Waals surface area (Å²) in [6.45, 7) is 3.38. The summed E-state index contributed by atoms with van der Waals surface area (Å²) in [6.07, 6.45) is 1.13. The van der Waals surface area contributed by atoms with E-state index in [-0.39, 0.29) is 25.7 Å². The average Bonchev–Trinajstić information content (AvgIpc) is 2.79. The molecule has 13 nitrogen and oxygen atoms in total.